The summed E-state index contributed by atoms with van der Waals surface area (Å²) in [6, 6.07) is 2.21. The highest BCUT2D eigenvalue weighted by Gasteiger charge is 2.63. The lowest BCUT2D eigenvalue weighted by molar-refractivity contribution is -0.141. The minimum Gasteiger partial charge on any atom is -0.356 e. The lowest BCUT2D eigenvalue weighted by atomic mass is 9.44. The van der Waals surface area contributed by atoms with Gasteiger partial charge in [0.15, 0.2) is 5.78 Å². The number of carbonyl (C=O) groups is 1. The molecular weight excluding hydrogens is 651 g/mol. The fourth-order valence-electron chi connectivity index (χ4n) is 12.8. The van der Waals surface area contributed by atoms with Gasteiger partial charge in [-0.05, 0) is 117 Å². The molecule has 1 aromatic heterocycles. The van der Waals surface area contributed by atoms with Crippen molar-refractivity contribution < 1.29 is 23.7 Å². The predicted octanol–water partition coefficient (Wildman–Crippen LogP) is 5.75. The van der Waals surface area contributed by atoms with Gasteiger partial charge in [0.2, 0.25) is 5.95 Å². The van der Waals surface area contributed by atoms with Crippen LogP contribution in [0.25, 0.3) is 0 Å². The topological polar surface area (TPSA) is 123 Å². The quantitative estimate of drug-likeness (QED) is 0.321. The van der Waals surface area contributed by atoms with E-state index in [9.17, 15) is 19.1 Å². The van der Waals surface area contributed by atoms with Crippen LogP contribution in [-0.4, -0.2) is 95.4 Å². The fraction of sp³-hybridized carbons (Fsp3) is 0.868. The van der Waals surface area contributed by atoms with Gasteiger partial charge in [0.05, 0.1) is 12.6 Å². The van der Waals surface area contributed by atoms with E-state index >= 15 is 0 Å². The van der Waals surface area contributed by atoms with E-state index in [1.165, 1.54) is 38.5 Å². The number of piperazine rings is 1. The summed E-state index contributed by atoms with van der Waals surface area (Å²) in [5.74, 6) is 6.29. The molecule has 1 unspecified atom stereocenters. The molecule has 8 rings (SSSR count). The Bertz CT molecular complexity index is 1420. The van der Waals surface area contributed by atoms with Crippen LogP contribution >= 0.6 is 7.82 Å². The van der Waals surface area contributed by atoms with Gasteiger partial charge in [-0.25, -0.2) is 4.57 Å². The van der Waals surface area contributed by atoms with E-state index in [4.69, 9.17) is 14.5 Å². The molecule has 11 nitrogen and oxygen atoms in total. The van der Waals surface area contributed by atoms with E-state index in [0.29, 0.717) is 41.9 Å². The molecule has 4 saturated carbocycles. The van der Waals surface area contributed by atoms with E-state index in [1.807, 2.05) is 0 Å². The molecule has 9 atom stereocenters. The van der Waals surface area contributed by atoms with Crippen LogP contribution in [0.3, 0.4) is 0 Å². The van der Waals surface area contributed by atoms with Crippen LogP contribution in [0.15, 0.2) is 6.07 Å². The van der Waals surface area contributed by atoms with Crippen molar-refractivity contribution >= 4 is 31.2 Å². The Balaban J connectivity index is 0.904. The monoisotopic (exact) mass is 712 g/mol. The second-order valence-electron chi connectivity index (χ2n) is 17.9. The van der Waals surface area contributed by atoms with Crippen molar-refractivity contribution in [2.24, 2.45) is 46.3 Å². The second-order valence-corrected chi connectivity index (χ2v) is 19.1. The van der Waals surface area contributed by atoms with Crippen LogP contribution < -0.4 is 14.7 Å². The Labute approximate surface area is 299 Å². The zero-order chi connectivity index (χ0) is 34.8. The van der Waals surface area contributed by atoms with Crippen LogP contribution in [0.2, 0.25) is 0 Å². The molecule has 0 amide bonds. The first kappa shape index (κ1) is 35.3. The van der Waals surface area contributed by atoms with Crippen molar-refractivity contribution in [2.75, 3.05) is 73.6 Å². The molecule has 0 radical (unpaired) electrons. The van der Waals surface area contributed by atoms with E-state index in [0.717, 1.165) is 108 Å². The van der Waals surface area contributed by atoms with E-state index < -0.39 is 7.82 Å². The summed E-state index contributed by atoms with van der Waals surface area (Å²) in [5.41, 5.74) is 0.250. The zero-order valence-electron chi connectivity index (χ0n) is 30.7. The van der Waals surface area contributed by atoms with Gasteiger partial charge in [-0.3, -0.25) is 14.2 Å². The van der Waals surface area contributed by atoms with Crippen molar-refractivity contribution in [3.05, 3.63) is 6.07 Å². The Morgan fingerprint density at radius 3 is 2.10 bits per heavy atom. The molecule has 12 heteroatoms. The number of anilines is 3. The summed E-state index contributed by atoms with van der Waals surface area (Å²) < 4.78 is 16.8. The molecule has 2 N–H and O–H groups in total. The van der Waals surface area contributed by atoms with Crippen molar-refractivity contribution in [3.63, 3.8) is 0 Å². The van der Waals surface area contributed by atoms with Gasteiger partial charge in [-0.1, -0.05) is 20.8 Å². The average molecular weight is 713 g/mol. The molecule has 0 aromatic carbocycles. The lowest BCUT2D eigenvalue weighted by Gasteiger charge is -2.61. The highest BCUT2D eigenvalue weighted by atomic mass is 31.2. The highest BCUT2D eigenvalue weighted by Crippen LogP contribution is 2.68. The summed E-state index contributed by atoms with van der Waals surface area (Å²) >= 11 is 0. The van der Waals surface area contributed by atoms with Crippen molar-refractivity contribution in [1.29, 1.82) is 0 Å². The summed E-state index contributed by atoms with van der Waals surface area (Å²) in [4.78, 5) is 53.0. The van der Waals surface area contributed by atoms with E-state index in [2.05, 4.69) is 46.4 Å². The second kappa shape index (κ2) is 13.6. The molecule has 7 fully saturated rings. The summed E-state index contributed by atoms with van der Waals surface area (Å²) in [7, 11) is -4.47. The number of hydrogen-bond acceptors (Lipinski definition) is 9. The normalized spacial score (nSPS) is 39.4. The number of hydrogen-bond donors (Lipinski definition) is 2. The summed E-state index contributed by atoms with van der Waals surface area (Å²) in [6.45, 7) is 15.6. The van der Waals surface area contributed by atoms with Gasteiger partial charge in [0, 0.05) is 64.3 Å². The maximum atomic E-state index is 14.4. The highest BCUT2D eigenvalue weighted by molar-refractivity contribution is 7.46. The van der Waals surface area contributed by atoms with Gasteiger partial charge in [0.25, 0.3) is 0 Å². The predicted molar refractivity (Wildman–Crippen MR) is 195 cm³/mol. The minimum absolute atomic E-state index is 0.0579. The standard InChI is InChI=1S/C38H61N6O5P/c1-26-22-31-29-9-8-27-23-28(49-50(46,47)48)10-12-37(27,2)30(29)11-13-38(31,3)35(26)32(45)25-41-18-20-43(21-19-41)34-24-33(42-14-4-5-15-42)39-36(40-34)44-16-6-7-17-44/h24,26-31,35H,4-23,25H2,1-3H3,(H2,46,47,48)/t26-,27+,28?,29-,30+,31+,35-,37+,38+/m1/s1. The van der Waals surface area contributed by atoms with Gasteiger partial charge in [-0.2, -0.15) is 9.97 Å². The molecule has 0 bridgehead atoms. The number of ketones is 1. The van der Waals surface area contributed by atoms with Crippen LogP contribution in [0.5, 0.6) is 0 Å². The number of Topliss-reactive ketones (excluding diaryl/α,β-unsaturated/α-hetero) is 1. The third-order valence-corrected chi connectivity index (χ3v) is 15.7. The van der Waals surface area contributed by atoms with Gasteiger partial charge in [-0.15, -0.1) is 0 Å². The number of nitrogens with zero attached hydrogens (tertiary/aromatic N) is 6. The molecular formula is C38H61N6O5P. The van der Waals surface area contributed by atoms with Crippen LogP contribution in [0, 0.1) is 46.3 Å². The smallest absolute Gasteiger partial charge is 0.356 e. The Hall–Kier alpha value is -1.78. The van der Waals surface area contributed by atoms with Gasteiger partial charge < -0.3 is 24.5 Å². The Kier molecular flexibility index (Phi) is 9.57. The van der Waals surface area contributed by atoms with Crippen LogP contribution in [0.1, 0.15) is 97.8 Å². The third-order valence-electron chi connectivity index (χ3n) is 15.2. The molecule has 3 aliphatic heterocycles. The number of fused-ring (bicyclic) bond motifs is 5. The fourth-order valence-corrected chi connectivity index (χ4v) is 13.3. The minimum atomic E-state index is -4.47. The molecule has 4 heterocycles. The maximum Gasteiger partial charge on any atom is 0.469 e. The largest absolute Gasteiger partial charge is 0.469 e. The number of aromatic nitrogens is 2. The van der Waals surface area contributed by atoms with Crippen LogP contribution in [0.4, 0.5) is 17.6 Å². The Morgan fingerprint density at radius 2 is 1.44 bits per heavy atom. The molecule has 278 valence electrons. The summed E-state index contributed by atoms with van der Waals surface area (Å²) in [5, 5.41) is 0. The molecule has 0 spiro atoms. The third kappa shape index (κ3) is 6.54. The molecule has 3 saturated heterocycles. The first-order chi connectivity index (χ1) is 23.9. The van der Waals surface area contributed by atoms with E-state index in [1.54, 1.807) is 0 Å². The molecule has 7 aliphatic rings. The van der Waals surface area contributed by atoms with Crippen molar-refractivity contribution in [2.45, 2.75) is 104 Å². The van der Waals surface area contributed by atoms with Gasteiger partial charge in [0.1, 0.15) is 11.6 Å². The zero-order valence-corrected chi connectivity index (χ0v) is 31.6. The SMILES string of the molecule is C[C@@H]1C[C@H]2[C@@H]3CC[C@H]4CC(OP(=O)(O)O)CC[C@]4(C)[C@H]3CC[C@]2(C)[C@H]1C(=O)CN1CCN(c2cc(N3CCCC3)nc(N3CCCC3)n2)CC1. The number of phosphoric ester groups is 1. The summed E-state index contributed by atoms with van der Waals surface area (Å²) in [6.07, 6.45) is 12.7. The maximum absolute atomic E-state index is 14.4. The van der Waals surface area contributed by atoms with E-state index in [-0.39, 0.29) is 22.9 Å². The van der Waals surface area contributed by atoms with Crippen molar-refractivity contribution in [3.8, 4) is 0 Å². The molecule has 50 heavy (non-hydrogen) atoms. The molecule has 4 aliphatic carbocycles. The number of carbonyl (C=O) groups excluding carboxylic acids is 1. The first-order valence-corrected chi connectivity index (χ1v) is 21.6. The lowest BCUT2D eigenvalue weighted by Crippen LogP contribution is -2.55. The number of rotatable bonds is 8. The Morgan fingerprint density at radius 1 is 0.820 bits per heavy atom. The van der Waals surface area contributed by atoms with Crippen molar-refractivity contribution in [1.82, 2.24) is 14.9 Å². The number of phosphoric acid groups is 1. The molecule has 1 aromatic rings. The van der Waals surface area contributed by atoms with Crippen LogP contribution in [-0.2, 0) is 13.9 Å². The average Bonchev–Trinajstić information content (AvgIpc) is 3.86. The van der Waals surface area contributed by atoms with Gasteiger partial charge >= 0.3 is 7.82 Å². The first-order valence-electron chi connectivity index (χ1n) is 20.0.